The molecule has 2 atom stereocenters. The van der Waals surface area contributed by atoms with Crippen LogP contribution >= 0.6 is 0 Å². The van der Waals surface area contributed by atoms with Crippen LogP contribution in [0.15, 0.2) is 60.7 Å². The fourth-order valence-electron chi connectivity index (χ4n) is 4.64. The molecule has 0 aliphatic carbocycles. The molecular weight excluding hydrogens is 426 g/mol. The zero-order valence-electron chi connectivity index (χ0n) is 21.0. The molecule has 0 bridgehead atoms. The molecule has 1 aliphatic heterocycles. The van der Waals surface area contributed by atoms with E-state index in [1.54, 1.807) is 4.90 Å². The lowest BCUT2D eigenvalue weighted by Crippen LogP contribution is -2.55. The minimum Gasteiger partial charge on any atom is -0.445 e. The first kappa shape index (κ1) is 25.8. The van der Waals surface area contributed by atoms with E-state index in [-0.39, 0.29) is 36.1 Å². The molecule has 2 aromatic carbocycles. The van der Waals surface area contributed by atoms with Crippen molar-refractivity contribution in [2.45, 2.75) is 58.7 Å². The summed E-state index contributed by atoms with van der Waals surface area (Å²) in [5.74, 6) is 0.109. The van der Waals surface area contributed by atoms with Crippen LogP contribution in [0.5, 0.6) is 0 Å². The summed E-state index contributed by atoms with van der Waals surface area (Å²) >= 11 is 0. The van der Waals surface area contributed by atoms with Gasteiger partial charge in [-0.05, 0) is 42.9 Å². The van der Waals surface area contributed by atoms with Crippen LogP contribution in [0.25, 0.3) is 0 Å². The Morgan fingerprint density at radius 3 is 2.26 bits per heavy atom. The Labute approximate surface area is 204 Å². The molecule has 0 spiro atoms. The van der Waals surface area contributed by atoms with Crippen LogP contribution in [-0.4, -0.2) is 60.6 Å². The zero-order valence-corrected chi connectivity index (χ0v) is 21.0. The van der Waals surface area contributed by atoms with E-state index in [4.69, 9.17) is 4.74 Å². The summed E-state index contributed by atoms with van der Waals surface area (Å²) in [6.07, 6.45) is 2.24. The van der Waals surface area contributed by atoms with Crippen molar-refractivity contribution in [3.63, 3.8) is 0 Å². The highest BCUT2D eigenvalue weighted by Crippen LogP contribution is 2.26. The van der Waals surface area contributed by atoms with Crippen molar-refractivity contribution < 1.29 is 14.3 Å². The van der Waals surface area contributed by atoms with Crippen molar-refractivity contribution in [2.24, 2.45) is 5.41 Å². The van der Waals surface area contributed by atoms with Gasteiger partial charge in [0.05, 0.1) is 6.04 Å². The van der Waals surface area contributed by atoms with Crippen LogP contribution in [0.2, 0.25) is 0 Å². The molecule has 0 radical (unpaired) electrons. The minimum atomic E-state index is -0.333. The van der Waals surface area contributed by atoms with E-state index in [1.165, 1.54) is 5.56 Å². The maximum atomic E-state index is 13.4. The van der Waals surface area contributed by atoms with Crippen LogP contribution in [0.4, 0.5) is 4.79 Å². The summed E-state index contributed by atoms with van der Waals surface area (Å²) in [6, 6.07) is 19.6. The SMILES string of the molecule is CN[C@H](C(=O)N1CCC[C@H]1CN(CCc1ccccc1)C(=O)OCc1ccccc1)C(C)(C)C. The monoisotopic (exact) mass is 465 g/mol. The third-order valence-electron chi connectivity index (χ3n) is 6.47. The second kappa shape index (κ2) is 12.0. The maximum absolute atomic E-state index is 13.4. The number of nitrogens with one attached hydrogen (secondary N) is 1. The van der Waals surface area contributed by atoms with E-state index in [2.05, 4.69) is 38.2 Å². The summed E-state index contributed by atoms with van der Waals surface area (Å²) < 4.78 is 5.68. The smallest absolute Gasteiger partial charge is 0.410 e. The third-order valence-corrected chi connectivity index (χ3v) is 6.47. The topological polar surface area (TPSA) is 61.9 Å². The third kappa shape index (κ3) is 7.07. The maximum Gasteiger partial charge on any atom is 0.410 e. The first-order valence-corrected chi connectivity index (χ1v) is 12.3. The van der Waals surface area contributed by atoms with E-state index < -0.39 is 0 Å². The van der Waals surface area contributed by atoms with Crippen molar-refractivity contribution in [2.75, 3.05) is 26.7 Å². The molecule has 1 aliphatic rings. The highest BCUT2D eigenvalue weighted by atomic mass is 16.6. The van der Waals surface area contributed by atoms with Crippen molar-refractivity contribution in [1.82, 2.24) is 15.1 Å². The van der Waals surface area contributed by atoms with E-state index in [1.807, 2.05) is 60.5 Å². The number of nitrogens with zero attached hydrogens (tertiary/aromatic N) is 2. The largest absolute Gasteiger partial charge is 0.445 e. The Bertz CT molecular complexity index is 911. The number of carbonyl (C=O) groups excluding carboxylic acids is 2. The highest BCUT2D eigenvalue weighted by Gasteiger charge is 2.38. The molecule has 1 heterocycles. The van der Waals surface area contributed by atoms with Gasteiger partial charge in [-0.15, -0.1) is 0 Å². The summed E-state index contributed by atoms with van der Waals surface area (Å²) in [5, 5.41) is 3.20. The Morgan fingerprint density at radius 2 is 1.68 bits per heavy atom. The molecule has 2 aromatic rings. The van der Waals surface area contributed by atoms with Gasteiger partial charge in [0, 0.05) is 25.7 Å². The molecule has 1 N–H and O–H groups in total. The molecular formula is C28H39N3O3. The van der Waals surface area contributed by atoms with E-state index in [0.29, 0.717) is 13.1 Å². The first-order valence-electron chi connectivity index (χ1n) is 12.3. The standard InChI is InChI=1S/C28H39N3O3/c1-28(2,3)25(29-4)26(32)31-18-11-16-24(31)20-30(19-17-22-12-7-5-8-13-22)27(33)34-21-23-14-9-6-10-15-23/h5-10,12-15,24-25,29H,11,16-21H2,1-4H3/t24-,25+/m0/s1. The van der Waals surface area contributed by atoms with Crippen LogP contribution in [-0.2, 0) is 22.6 Å². The molecule has 184 valence electrons. The second-order valence-electron chi connectivity index (χ2n) is 10.1. The lowest BCUT2D eigenvalue weighted by Gasteiger charge is -2.36. The normalized spacial score (nSPS) is 16.8. The molecule has 6 heteroatoms. The van der Waals surface area contributed by atoms with Gasteiger partial charge < -0.3 is 19.9 Å². The molecule has 3 rings (SSSR count). The first-order chi connectivity index (χ1) is 16.3. The Morgan fingerprint density at radius 1 is 1.06 bits per heavy atom. The number of hydrogen-bond donors (Lipinski definition) is 1. The van der Waals surface area contributed by atoms with Crippen molar-refractivity contribution >= 4 is 12.0 Å². The minimum absolute atomic E-state index is 0.00857. The van der Waals surface area contributed by atoms with Crippen LogP contribution < -0.4 is 5.32 Å². The van der Waals surface area contributed by atoms with Crippen molar-refractivity contribution in [3.8, 4) is 0 Å². The van der Waals surface area contributed by atoms with Gasteiger partial charge >= 0.3 is 6.09 Å². The van der Waals surface area contributed by atoms with Gasteiger partial charge in [-0.2, -0.15) is 0 Å². The summed E-state index contributed by atoms with van der Waals surface area (Å²) in [5.41, 5.74) is 1.94. The molecule has 34 heavy (non-hydrogen) atoms. The number of carbonyl (C=O) groups is 2. The van der Waals surface area contributed by atoms with Gasteiger partial charge in [0.15, 0.2) is 0 Å². The lowest BCUT2D eigenvalue weighted by molar-refractivity contribution is -0.137. The van der Waals surface area contributed by atoms with Gasteiger partial charge in [0.1, 0.15) is 6.61 Å². The Hall–Kier alpha value is -2.86. The van der Waals surface area contributed by atoms with Gasteiger partial charge in [0.25, 0.3) is 0 Å². The molecule has 0 saturated carbocycles. The predicted octanol–water partition coefficient (Wildman–Crippen LogP) is 4.49. The summed E-state index contributed by atoms with van der Waals surface area (Å²) in [6.45, 7) is 8.21. The number of benzene rings is 2. The number of likely N-dealkylation sites (tertiary alicyclic amines) is 1. The van der Waals surface area contributed by atoms with Gasteiger partial charge in [-0.25, -0.2) is 4.79 Å². The molecule has 6 nitrogen and oxygen atoms in total. The van der Waals surface area contributed by atoms with Crippen LogP contribution in [0.3, 0.4) is 0 Å². The molecule has 2 amide bonds. The number of amides is 2. The average molecular weight is 466 g/mol. The van der Waals surface area contributed by atoms with E-state index >= 15 is 0 Å². The number of ether oxygens (including phenoxy) is 1. The fraction of sp³-hybridized carbons (Fsp3) is 0.500. The fourth-order valence-corrected chi connectivity index (χ4v) is 4.64. The average Bonchev–Trinajstić information content (AvgIpc) is 3.29. The van der Waals surface area contributed by atoms with Gasteiger partial charge in [0.2, 0.25) is 5.91 Å². The van der Waals surface area contributed by atoms with Crippen molar-refractivity contribution in [3.05, 3.63) is 71.8 Å². The van der Waals surface area contributed by atoms with Gasteiger partial charge in [-0.1, -0.05) is 81.4 Å². The molecule has 1 saturated heterocycles. The van der Waals surface area contributed by atoms with E-state index in [0.717, 1.165) is 31.4 Å². The lowest BCUT2D eigenvalue weighted by atomic mass is 9.86. The highest BCUT2D eigenvalue weighted by molar-refractivity contribution is 5.83. The zero-order chi connectivity index (χ0) is 24.6. The quantitative estimate of drug-likeness (QED) is 0.593. The second-order valence-corrected chi connectivity index (χ2v) is 10.1. The van der Waals surface area contributed by atoms with Gasteiger partial charge in [-0.3, -0.25) is 4.79 Å². The number of rotatable bonds is 9. The number of hydrogen-bond acceptors (Lipinski definition) is 4. The summed E-state index contributed by atoms with van der Waals surface area (Å²) in [7, 11) is 1.84. The Kier molecular flexibility index (Phi) is 9.11. The summed E-state index contributed by atoms with van der Waals surface area (Å²) in [4.78, 5) is 30.3. The number of likely N-dealkylation sites (N-methyl/N-ethyl adjacent to an activating group) is 1. The molecule has 0 unspecified atom stereocenters. The van der Waals surface area contributed by atoms with Crippen LogP contribution in [0, 0.1) is 5.41 Å². The van der Waals surface area contributed by atoms with E-state index in [9.17, 15) is 9.59 Å². The molecule has 1 fully saturated rings. The Balaban J connectivity index is 1.70. The molecule has 0 aromatic heterocycles. The van der Waals surface area contributed by atoms with Crippen molar-refractivity contribution in [1.29, 1.82) is 0 Å². The van der Waals surface area contributed by atoms with Crippen LogP contribution in [0.1, 0.15) is 44.7 Å². The predicted molar refractivity (Wildman–Crippen MR) is 135 cm³/mol.